The monoisotopic (exact) mass is 608 g/mol. The van der Waals surface area contributed by atoms with Gasteiger partial charge < -0.3 is 13.9 Å². The zero-order valence-electron chi connectivity index (χ0n) is 18.9. The minimum absolute atomic E-state index is 0.307. The van der Waals surface area contributed by atoms with Gasteiger partial charge in [0.2, 0.25) is 5.89 Å². The molecule has 0 amide bonds. The largest absolute Gasteiger partial charge is 0.493 e. The molecular weight excluding hydrogens is 591 g/mol. The second-order valence-electron chi connectivity index (χ2n) is 7.75. The Morgan fingerprint density at radius 1 is 1.00 bits per heavy atom. The van der Waals surface area contributed by atoms with Gasteiger partial charge in [0, 0.05) is 20.4 Å². The van der Waals surface area contributed by atoms with Gasteiger partial charge in [-0.05, 0) is 107 Å². The summed E-state index contributed by atoms with van der Waals surface area (Å²) in [6, 6.07) is 25.2. The third-order valence-corrected chi connectivity index (χ3v) is 6.20. The van der Waals surface area contributed by atoms with Gasteiger partial charge in [0.05, 0.1) is 18.4 Å². The van der Waals surface area contributed by atoms with Gasteiger partial charge >= 0.3 is 5.97 Å². The van der Waals surface area contributed by atoms with E-state index in [-0.39, 0.29) is 0 Å². The van der Waals surface area contributed by atoms with Crippen LogP contribution in [-0.4, -0.2) is 24.3 Å². The molecule has 1 heterocycles. The Kier molecular flexibility index (Phi) is 7.02. The number of esters is 1. The van der Waals surface area contributed by atoms with Gasteiger partial charge in [0.25, 0.3) is 0 Å². The Bertz CT molecular complexity index is 1600. The molecule has 0 N–H and O–H groups in total. The molecule has 0 radical (unpaired) electrons. The number of benzene rings is 4. The molecule has 6 nitrogen and oxygen atoms in total. The highest BCUT2D eigenvalue weighted by Crippen LogP contribution is 2.30. The number of hydrogen-bond acceptors (Lipinski definition) is 6. The molecule has 0 saturated heterocycles. The van der Waals surface area contributed by atoms with Crippen LogP contribution in [0.4, 0.5) is 5.69 Å². The maximum absolute atomic E-state index is 12.4. The number of carbonyl (C=O) groups excluding carboxylic acids is 1. The molecule has 0 aliphatic rings. The van der Waals surface area contributed by atoms with Crippen molar-refractivity contribution in [2.75, 3.05) is 7.11 Å². The summed E-state index contributed by atoms with van der Waals surface area (Å²) in [6.45, 7) is 0. The van der Waals surface area contributed by atoms with Crippen LogP contribution in [0.5, 0.6) is 11.5 Å². The molecule has 0 spiro atoms. The highest BCUT2D eigenvalue weighted by molar-refractivity contribution is 14.1. The van der Waals surface area contributed by atoms with Gasteiger partial charge in [-0.3, -0.25) is 4.99 Å². The lowest BCUT2D eigenvalue weighted by Gasteiger charge is -2.10. The first-order chi connectivity index (χ1) is 17.5. The molecule has 4 aromatic carbocycles. The zero-order chi connectivity index (χ0) is 25.1. The Morgan fingerprint density at radius 2 is 1.83 bits per heavy atom. The van der Waals surface area contributed by atoms with Crippen LogP contribution >= 0.6 is 34.2 Å². The van der Waals surface area contributed by atoms with E-state index in [1.165, 1.54) is 7.11 Å². The summed E-state index contributed by atoms with van der Waals surface area (Å²) in [5, 5.41) is 0.543. The van der Waals surface area contributed by atoms with E-state index in [0.29, 0.717) is 33.6 Å². The van der Waals surface area contributed by atoms with Gasteiger partial charge in [0.1, 0.15) is 5.52 Å². The molecule has 0 fully saturated rings. The quantitative estimate of drug-likeness (QED) is 0.0854. The number of ether oxygens (including phenoxy) is 2. The zero-order valence-corrected chi connectivity index (χ0v) is 21.9. The van der Waals surface area contributed by atoms with E-state index in [4.69, 9.17) is 25.5 Å². The van der Waals surface area contributed by atoms with Crippen molar-refractivity contribution in [2.24, 2.45) is 4.99 Å². The Balaban J connectivity index is 1.34. The molecule has 0 aliphatic heterocycles. The van der Waals surface area contributed by atoms with Crippen LogP contribution in [0.15, 0.2) is 94.3 Å². The number of rotatable bonds is 6. The minimum atomic E-state index is -0.503. The summed E-state index contributed by atoms with van der Waals surface area (Å²) >= 11 is 8.15. The van der Waals surface area contributed by atoms with Crippen molar-refractivity contribution in [3.05, 3.63) is 105 Å². The number of methoxy groups -OCH3 is 1. The standard InChI is InChI=1S/C28H18ClIN2O4/c1-34-26-13-17(5-11-25(26)36-28(33)18-6-8-20(29)9-7-18)16-31-22-10-12-24-23(15-22)32-27(35-24)19-3-2-4-21(30)14-19/h2-16H,1H3. The maximum atomic E-state index is 12.4. The first kappa shape index (κ1) is 24.0. The smallest absolute Gasteiger partial charge is 0.343 e. The lowest BCUT2D eigenvalue weighted by molar-refractivity contribution is 0.0729. The van der Waals surface area contributed by atoms with Crippen LogP contribution in [0.3, 0.4) is 0 Å². The molecule has 0 bridgehead atoms. The molecule has 0 aliphatic carbocycles. The van der Waals surface area contributed by atoms with Crippen LogP contribution in [0.25, 0.3) is 22.6 Å². The number of halogens is 2. The van der Waals surface area contributed by atoms with Crippen molar-refractivity contribution in [2.45, 2.75) is 0 Å². The van der Waals surface area contributed by atoms with E-state index in [9.17, 15) is 4.79 Å². The van der Waals surface area contributed by atoms with E-state index in [1.54, 1.807) is 48.7 Å². The third kappa shape index (κ3) is 5.42. The number of aromatic nitrogens is 1. The predicted octanol–water partition coefficient (Wildman–Crippen LogP) is 7.73. The highest BCUT2D eigenvalue weighted by Gasteiger charge is 2.13. The van der Waals surface area contributed by atoms with Crippen molar-refractivity contribution < 1.29 is 18.7 Å². The number of aliphatic imine (C=N–C) groups is 1. The lowest BCUT2D eigenvalue weighted by atomic mass is 10.2. The van der Waals surface area contributed by atoms with Gasteiger partial charge in [-0.15, -0.1) is 0 Å². The average Bonchev–Trinajstić information content (AvgIpc) is 3.32. The molecular formula is C28H18ClIN2O4. The summed E-state index contributed by atoms with van der Waals surface area (Å²) in [6.07, 6.45) is 1.70. The molecule has 8 heteroatoms. The number of fused-ring (bicyclic) bond motifs is 1. The molecule has 0 atom stereocenters. The van der Waals surface area contributed by atoms with Crippen LogP contribution in [-0.2, 0) is 0 Å². The number of hydrogen-bond donors (Lipinski definition) is 0. The Hall–Kier alpha value is -3.69. The number of nitrogens with zero attached hydrogens (tertiary/aromatic N) is 2. The molecule has 5 rings (SSSR count). The summed E-state index contributed by atoms with van der Waals surface area (Å²) in [5.74, 6) is 0.784. The average molecular weight is 609 g/mol. The van der Waals surface area contributed by atoms with Gasteiger partial charge in [0.15, 0.2) is 17.1 Å². The van der Waals surface area contributed by atoms with Gasteiger partial charge in [-0.1, -0.05) is 17.7 Å². The third-order valence-electron chi connectivity index (χ3n) is 5.28. The van der Waals surface area contributed by atoms with Gasteiger partial charge in [-0.25, -0.2) is 9.78 Å². The van der Waals surface area contributed by atoms with E-state index in [1.807, 2.05) is 42.5 Å². The van der Waals surface area contributed by atoms with E-state index in [2.05, 4.69) is 32.6 Å². The second kappa shape index (κ2) is 10.5. The lowest BCUT2D eigenvalue weighted by Crippen LogP contribution is -2.09. The topological polar surface area (TPSA) is 73.9 Å². The molecule has 5 aromatic rings. The number of carbonyl (C=O) groups is 1. The van der Waals surface area contributed by atoms with E-state index >= 15 is 0 Å². The maximum Gasteiger partial charge on any atom is 0.343 e. The van der Waals surface area contributed by atoms with Crippen LogP contribution in [0, 0.1) is 3.57 Å². The van der Waals surface area contributed by atoms with Crippen LogP contribution < -0.4 is 9.47 Å². The summed E-state index contributed by atoms with van der Waals surface area (Å²) < 4.78 is 17.9. The normalized spacial score (nSPS) is 11.2. The van der Waals surface area contributed by atoms with Crippen molar-refractivity contribution in [1.29, 1.82) is 0 Å². The fourth-order valence-electron chi connectivity index (χ4n) is 3.48. The molecule has 36 heavy (non-hydrogen) atoms. The second-order valence-corrected chi connectivity index (χ2v) is 9.43. The summed E-state index contributed by atoms with van der Waals surface area (Å²) in [4.78, 5) is 21.6. The first-order valence-corrected chi connectivity index (χ1v) is 12.3. The first-order valence-electron chi connectivity index (χ1n) is 10.8. The SMILES string of the molecule is COc1cc(C=Nc2ccc3oc(-c4cccc(I)c4)nc3c2)ccc1OC(=O)c1ccc(Cl)cc1. The Labute approximate surface area is 225 Å². The fraction of sp³-hybridized carbons (Fsp3) is 0.0357. The van der Waals surface area contributed by atoms with E-state index < -0.39 is 5.97 Å². The van der Waals surface area contributed by atoms with Crippen molar-refractivity contribution in [1.82, 2.24) is 4.98 Å². The van der Waals surface area contributed by atoms with Crippen molar-refractivity contribution in [3.8, 4) is 23.0 Å². The fourth-order valence-corrected chi connectivity index (χ4v) is 4.15. The summed E-state index contributed by atoms with van der Waals surface area (Å²) in [5.41, 5.74) is 4.23. The van der Waals surface area contributed by atoms with Crippen LogP contribution in [0.1, 0.15) is 15.9 Å². The minimum Gasteiger partial charge on any atom is -0.493 e. The predicted molar refractivity (Wildman–Crippen MR) is 149 cm³/mol. The highest BCUT2D eigenvalue weighted by atomic mass is 127. The molecule has 1 aromatic heterocycles. The molecule has 178 valence electrons. The molecule has 0 saturated carbocycles. The van der Waals surface area contributed by atoms with Crippen molar-refractivity contribution in [3.63, 3.8) is 0 Å². The van der Waals surface area contributed by atoms with E-state index in [0.717, 1.165) is 25.9 Å². The van der Waals surface area contributed by atoms with Gasteiger partial charge in [-0.2, -0.15) is 0 Å². The number of oxazole rings is 1. The van der Waals surface area contributed by atoms with Crippen molar-refractivity contribution >= 4 is 63.2 Å². The molecule has 0 unspecified atom stereocenters. The summed E-state index contributed by atoms with van der Waals surface area (Å²) in [7, 11) is 1.51. The van der Waals surface area contributed by atoms with Crippen LogP contribution in [0.2, 0.25) is 5.02 Å². The Morgan fingerprint density at radius 3 is 2.61 bits per heavy atom.